The highest BCUT2D eigenvalue weighted by atomic mass is 32.2. The lowest BCUT2D eigenvalue weighted by atomic mass is 10.0. The number of benzene rings is 1. The predicted molar refractivity (Wildman–Crippen MR) is 162 cm³/mol. The Bertz CT molecular complexity index is 2100. The van der Waals surface area contributed by atoms with Crippen LogP contribution in [0.1, 0.15) is 31.7 Å². The van der Waals surface area contributed by atoms with E-state index >= 15 is 8.78 Å². The summed E-state index contributed by atoms with van der Waals surface area (Å²) in [7, 11) is -4.09. The molecule has 4 aromatic rings. The second-order valence-electron chi connectivity index (χ2n) is 11.4. The zero-order valence-electron chi connectivity index (χ0n) is 24.8. The lowest BCUT2D eigenvalue weighted by Crippen LogP contribution is -2.54. The molecule has 0 bridgehead atoms. The number of pyridine rings is 2. The molecule has 1 saturated heterocycles. The zero-order chi connectivity index (χ0) is 33.8. The number of carbonyl (C=O) groups excluding carboxylic acids is 1. The largest absolute Gasteiger partial charge is 0.417 e. The van der Waals surface area contributed by atoms with E-state index in [1.54, 1.807) is 11.8 Å². The van der Waals surface area contributed by atoms with Gasteiger partial charge in [0.25, 0.3) is 0 Å². The number of halogens is 5. The number of piperazine rings is 1. The topological polar surface area (TPSA) is 118 Å². The van der Waals surface area contributed by atoms with E-state index in [1.807, 2.05) is 0 Å². The monoisotopic (exact) mass is 674 g/mol. The summed E-state index contributed by atoms with van der Waals surface area (Å²) in [5, 5.41) is -1.42. The zero-order valence-corrected chi connectivity index (χ0v) is 25.7. The van der Waals surface area contributed by atoms with Crippen LogP contribution in [0, 0.1) is 11.6 Å². The molecule has 6 rings (SSSR count). The minimum atomic E-state index is -5.10. The van der Waals surface area contributed by atoms with Crippen LogP contribution in [-0.2, 0) is 20.8 Å². The van der Waals surface area contributed by atoms with Crippen molar-refractivity contribution in [1.29, 1.82) is 0 Å². The minimum Gasteiger partial charge on any atom is -0.350 e. The Balaban J connectivity index is 1.66. The van der Waals surface area contributed by atoms with Crippen molar-refractivity contribution in [3.05, 3.63) is 82.9 Å². The first-order valence-electron chi connectivity index (χ1n) is 14.6. The number of alkyl halides is 3. The van der Waals surface area contributed by atoms with E-state index in [0.29, 0.717) is 25.3 Å². The number of hydrogen-bond donors (Lipinski definition) is 0. The molecule has 1 saturated carbocycles. The first-order chi connectivity index (χ1) is 22.2. The summed E-state index contributed by atoms with van der Waals surface area (Å²) in [4.78, 5) is 41.7. The molecule has 3 aromatic heterocycles. The molecule has 2 fully saturated rings. The normalized spacial score (nSPS) is 17.5. The highest BCUT2D eigenvalue weighted by Gasteiger charge is 2.39. The fraction of sp³-hybridized carbons (Fsp3) is 0.323. The summed E-state index contributed by atoms with van der Waals surface area (Å²) < 4.78 is 101. The molecule has 47 heavy (non-hydrogen) atoms. The van der Waals surface area contributed by atoms with E-state index in [-0.39, 0.29) is 42.4 Å². The minimum absolute atomic E-state index is 0.103. The third kappa shape index (κ3) is 5.53. The molecular formula is C31H27F5N6O4S. The first-order valence-corrected chi connectivity index (χ1v) is 16.1. The van der Waals surface area contributed by atoms with Gasteiger partial charge in [0.05, 0.1) is 27.5 Å². The number of sulfone groups is 1. The third-order valence-electron chi connectivity index (χ3n) is 8.50. The van der Waals surface area contributed by atoms with E-state index < -0.39 is 72.1 Å². The number of amides is 1. The van der Waals surface area contributed by atoms with Crippen LogP contribution in [0.2, 0.25) is 0 Å². The van der Waals surface area contributed by atoms with Gasteiger partial charge in [-0.1, -0.05) is 19.1 Å². The maximum Gasteiger partial charge on any atom is 0.417 e. The van der Waals surface area contributed by atoms with Crippen molar-refractivity contribution in [3.63, 3.8) is 0 Å². The van der Waals surface area contributed by atoms with Crippen LogP contribution in [0.4, 0.5) is 27.8 Å². The number of fused-ring (bicyclic) bond motifs is 1. The van der Waals surface area contributed by atoms with Gasteiger partial charge in [0.2, 0.25) is 15.7 Å². The van der Waals surface area contributed by atoms with Crippen LogP contribution < -0.4 is 10.6 Å². The number of hydrogen-bond acceptors (Lipinski definition) is 8. The number of aromatic nitrogens is 4. The Kier molecular flexibility index (Phi) is 8.10. The molecule has 246 valence electrons. The van der Waals surface area contributed by atoms with Crippen molar-refractivity contribution in [1.82, 2.24) is 24.4 Å². The van der Waals surface area contributed by atoms with Gasteiger partial charge in [0.1, 0.15) is 17.3 Å². The van der Waals surface area contributed by atoms with E-state index in [0.717, 1.165) is 28.8 Å². The van der Waals surface area contributed by atoms with Crippen LogP contribution in [0.15, 0.2) is 65.1 Å². The average molecular weight is 675 g/mol. The Labute approximate surface area is 265 Å². The molecule has 0 unspecified atom stereocenters. The number of anilines is 1. The van der Waals surface area contributed by atoms with Gasteiger partial charge in [-0.2, -0.15) is 18.2 Å². The van der Waals surface area contributed by atoms with E-state index in [2.05, 4.69) is 21.5 Å². The van der Waals surface area contributed by atoms with Crippen LogP contribution in [0.25, 0.3) is 28.0 Å². The van der Waals surface area contributed by atoms with Crippen LogP contribution in [0.3, 0.4) is 0 Å². The summed E-state index contributed by atoms with van der Waals surface area (Å²) in [5.74, 6) is -3.19. The molecule has 10 nitrogen and oxygen atoms in total. The summed E-state index contributed by atoms with van der Waals surface area (Å²) in [6, 6.07) is 5.04. The van der Waals surface area contributed by atoms with Gasteiger partial charge in [-0.15, -0.1) is 0 Å². The Morgan fingerprint density at radius 1 is 1.06 bits per heavy atom. The van der Waals surface area contributed by atoms with Crippen molar-refractivity contribution in [2.24, 2.45) is 0 Å². The van der Waals surface area contributed by atoms with Crippen molar-refractivity contribution in [2.75, 3.05) is 24.5 Å². The fourth-order valence-electron chi connectivity index (χ4n) is 5.93. The Hall–Kier alpha value is -4.73. The van der Waals surface area contributed by atoms with Gasteiger partial charge < -0.3 is 9.80 Å². The van der Waals surface area contributed by atoms with Gasteiger partial charge in [-0.25, -0.2) is 36.5 Å². The Morgan fingerprint density at radius 2 is 1.81 bits per heavy atom. The maximum absolute atomic E-state index is 16.0. The molecule has 2 aliphatic rings. The van der Waals surface area contributed by atoms with Gasteiger partial charge in [0, 0.05) is 31.9 Å². The average Bonchev–Trinajstić information content (AvgIpc) is 2.99. The first kappa shape index (κ1) is 32.2. The molecule has 1 amide bonds. The van der Waals surface area contributed by atoms with Crippen LogP contribution in [0.5, 0.6) is 0 Å². The molecule has 1 aromatic carbocycles. The molecule has 1 aliphatic heterocycles. The number of nitrogens with zero attached hydrogens (tertiary/aromatic N) is 6. The summed E-state index contributed by atoms with van der Waals surface area (Å²) in [6.07, 6.45) is -1.34. The van der Waals surface area contributed by atoms with Gasteiger partial charge in [-0.3, -0.25) is 4.79 Å². The van der Waals surface area contributed by atoms with Crippen LogP contribution in [-0.4, -0.2) is 69.7 Å². The molecule has 0 radical (unpaired) electrons. The van der Waals surface area contributed by atoms with Gasteiger partial charge in [-0.05, 0) is 56.2 Å². The second kappa shape index (κ2) is 11.8. The molecule has 16 heteroatoms. The number of carbonyl (C=O) groups is 1. The third-order valence-corrected chi connectivity index (χ3v) is 10.7. The quantitative estimate of drug-likeness (QED) is 0.214. The van der Waals surface area contributed by atoms with E-state index in [1.165, 1.54) is 23.2 Å². The van der Waals surface area contributed by atoms with Crippen molar-refractivity contribution in [2.45, 2.75) is 48.7 Å². The molecule has 1 atom stereocenters. The number of rotatable bonds is 6. The van der Waals surface area contributed by atoms with E-state index in [4.69, 9.17) is 0 Å². The highest BCUT2D eigenvalue weighted by Crippen LogP contribution is 2.40. The maximum atomic E-state index is 16.0. The molecule has 1 aliphatic carbocycles. The summed E-state index contributed by atoms with van der Waals surface area (Å²) >= 11 is 0. The lowest BCUT2D eigenvalue weighted by Gasteiger charge is -2.40. The van der Waals surface area contributed by atoms with Gasteiger partial charge in [0.15, 0.2) is 16.5 Å². The molecular weight excluding hydrogens is 647 g/mol. The van der Waals surface area contributed by atoms with Crippen molar-refractivity contribution < 1.29 is 35.2 Å². The Morgan fingerprint density at radius 3 is 2.45 bits per heavy atom. The standard InChI is InChI=1S/C31H27F5N6O4S/c1-3-24(43)40-13-14-41(17(2)16-40)27-19-15-22(33)26(25-20(31(34,35)36)9-5-10-21(25)32)38-28(19)42(30(44)39-27)23-11-6-12-37-29(23)47(45,46)18-7-4-8-18/h3,5-6,9-12,15,17-18H,1,4,7-8,13-14,16H2,2H3/t17-/m0/s1. The summed E-state index contributed by atoms with van der Waals surface area (Å²) in [5.41, 5.74) is -5.58. The predicted octanol–water partition coefficient (Wildman–Crippen LogP) is 4.69. The van der Waals surface area contributed by atoms with Gasteiger partial charge >= 0.3 is 11.9 Å². The van der Waals surface area contributed by atoms with E-state index in [9.17, 15) is 31.2 Å². The lowest BCUT2D eigenvalue weighted by molar-refractivity contribution is -0.137. The van der Waals surface area contributed by atoms with Crippen LogP contribution >= 0.6 is 0 Å². The highest BCUT2D eigenvalue weighted by molar-refractivity contribution is 7.92. The SMILES string of the molecule is C=CC(=O)N1CCN(c2nc(=O)n(-c3cccnc3S(=O)(=O)C3CCC3)c3nc(-c4c(F)cccc4C(F)(F)F)c(F)cc23)[C@@H](C)C1. The smallest absolute Gasteiger partial charge is 0.350 e. The summed E-state index contributed by atoms with van der Waals surface area (Å²) in [6.45, 7) is 5.67. The molecule has 0 spiro atoms. The molecule has 4 heterocycles. The molecule has 0 N–H and O–H groups in total. The second-order valence-corrected chi connectivity index (χ2v) is 13.5. The fourth-order valence-corrected chi connectivity index (χ4v) is 7.86. The van der Waals surface area contributed by atoms with Crippen molar-refractivity contribution in [3.8, 4) is 16.9 Å². The van der Waals surface area contributed by atoms with Crippen molar-refractivity contribution >= 4 is 32.6 Å².